The van der Waals surface area contributed by atoms with Gasteiger partial charge in [-0.1, -0.05) is 13.8 Å². The van der Waals surface area contributed by atoms with E-state index in [1.165, 1.54) is 32.1 Å². The van der Waals surface area contributed by atoms with Gasteiger partial charge < -0.3 is 5.73 Å². The first-order chi connectivity index (χ1) is 5.59. The van der Waals surface area contributed by atoms with E-state index < -0.39 is 0 Å². The molecule has 1 heteroatoms. The maximum absolute atomic E-state index is 6.01. The summed E-state index contributed by atoms with van der Waals surface area (Å²) >= 11 is 0. The molecule has 2 atom stereocenters. The minimum Gasteiger partial charge on any atom is -0.328 e. The number of hydrogen-bond donors (Lipinski definition) is 1. The van der Waals surface area contributed by atoms with Gasteiger partial charge in [-0.15, -0.1) is 0 Å². The van der Waals surface area contributed by atoms with Gasteiger partial charge in [0.25, 0.3) is 0 Å². The molecule has 0 heterocycles. The summed E-state index contributed by atoms with van der Waals surface area (Å²) in [5.41, 5.74) is 6.59. The SMILES string of the molecule is CC1(C)CCC(N)CC1C1CC1. The van der Waals surface area contributed by atoms with Crippen LogP contribution in [0.15, 0.2) is 0 Å². The van der Waals surface area contributed by atoms with E-state index in [2.05, 4.69) is 13.8 Å². The molecule has 0 saturated heterocycles. The van der Waals surface area contributed by atoms with Crippen LogP contribution in [0.1, 0.15) is 46.0 Å². The van der Waals surface area contributed by atoms with Crippen molar-refractivity contribution in [3.8, 4) is 0 Å². The molecule has 2 fully saturated rings. The van der Waals surface area contributed by atoms with Crippen molar-refractivity contribution < 1.29 is 0 Å². The maximum atomic E-state index is 6.01. The molecule has 1 nitrogen and oxygen atoms in total. The summed E-state index contributed by atoms with van der Waals surface area (Å²) in [6.45, 7) is 4.86. The van der Waals surface area contributed by atoms with Crippen LogP contribution in [0.2, 0.25) is 0 Å². The van der Waals surface area contributed by atoms with Gasteiger partial charge in [-0.05, 0) is 49.4 Å². The van der Waals surface area contributed by atoms with Crippen molar-refractivity contribution in [2.45, 2.75) is 52.0 Å². The summed E-state index contributed by atoms with van der Waals surface area (Å²) in [6, 6.07) is 0.503. The molecule has 2 rings (SSSR count). The van der Waals surface area contributed by atoms with Gasteiger partial charge in [0.2, 0.25) is 0 Å². The van der Waals surface area contributed by atoms with Crippen molar-refractivity contribution in [1.82, 2.24) is 0 Å². The van der Waals surface area contributed by atoms with Gasteiger partial charge in [0.05, 0.1) is 0 Å². The number of nitrogens with two attached hydrogens (primary N) is 1. The Morgan fingerprint density at radius 3 is 2.42 bits per heavy atom. The minimum atomic E-state index is 0.503. The van der Waals surface area contributed by atoms with Gasteiger partial charge in [0.15, 0.2) is 0 Å². The lowest BCUT2D eigenvalue weighted by atomic mass is 9.65. The Labute approximate surface area is 75.7 Å². The highest BCUT2D eigenvalue weighted by Gasteiger charge is 2.43. The predicted octanol–water partition coefficient (Wildman–Crippen LogP) is 2.55. The molecule has 2 unspecified atom stereocenters. The highest BCUT2D eigenvalue weighted by Crippen LogP contribution is 2.52. The fourth-order valence-electron chi connectivity index (χ4n) is 2.83. The number of hydrogen-bond acceptors (Lipinski definition) is 1. The maximum Gasteiger partial charge on any atom is 0.00419 e. The van der Waals surface area contributed by atoms with Gasteiger partial charge in [-0.3, -0.25) is 0 Å². The van der Waals surface area contributed by atoms with Crippen molar-refractivity contribution in [3.63, 3.8) is 0 Å². The topological polar surface area (TPSA) is 26.0 Å². The van der Waals surface area contributed by atoms with Crippen LogP contribution in [0.5, 0.6) is 0 Å². The van der Waals surface area contributed by atoms with Crippen molar-refractivity contribution in [2.24, 2.45) is 23.0 Å². The molecule has 0 bridgehead atoms. The van der Waals surface area contributed by atoms with Crippen LogP contribution in [0.25, 0.3) is 0 Å². The van der Waals surface area contributed by atoms with Crippen LogP contribution in [-0.2, 0) is 0 Å². The van der Waals surface area contributed by atoms with Crippen molar-refractivity contribution >= 4 is 0 Å². The molecule has 2 aliphatic rings. The zero-order valence-corrected chi connectivity index (χ0v) is 8.34. The summed E-state index contributed by atoms with van der Waals surface area (Å²) in [5.74, 6) is 1.97. The summed E-state index contributed by atoms with van der Waals surface area (Å²) < 4.78 is 0. The second kappa shape index (κ2) is 2.73. The molecule has 0 aromatic heterocycles. The Bertz CT molecular complexity index is 170. The summed E-state index contributed by atoms with van der Waals surface area (Å²) in [4.78, 5) is 0. The third kappa shape index (κ3) is 1.52. The van der Waals surface area contributed by atoms with E-state index in [1.807, 2.05) is 0 Å². The fourth-order valence-corrected chi connectivity index (χ4v) is 2.83. The van der Waals surface area contributed by atoms with Gasteiger partial charge >= 0.3 is 0 Å². The van der Waals surface area contributed by atoms with E-state index in [4.69, 9.17) is 5.73 Å². The first-order valence-electron chi connectivity index (χ1n) is 5.35. The smallest absolute Gasteiger partial charge is 0.00419 e. The van der Waals surface area contributed by atoms with Gasteiger partial charge in [-0.25, -0.2) is 0 Å². The van der Waals surface area contributed by atoms with E-state index in [0.29, 0.717) is 11.5 Å². The predicted molar refractivity (Wildman–Crippen MR) is 51.8 cm³/mol. The lowest BCUT2D eigenvalue weighted by Gasteiger charge is -2.41. The lowest BCUT2D eigenvalue weighted by molar-refractivity contribution is 0.105. The molecule has 0 aliphatic heterocycles. The van der Waals surface area contributed by atoms with Crippen molar-refractivity contribution in [3.05, 3.63) is 0 Å². The molecule has 12 heavy (non-hydrogen) atoms. The van der Waals surface area contributed by atoms with Crippen LogP contribution in [0.3, 0.4) is 0 Å². The van der Waals surface area contributed by atoms with Crippen molar-refractivity contribution in [2.75, 3.05) is 0 Å². The van der Waals surface area contributed by atoms with Gasteiger partial charge in [-0.2, -0.15) is 0 Å². The average molecular weight is 167 g/mol. The largest absolute Gasteiger partial charge is 0.328 e. The Balaban J connectivity index is 2.04. The van der Waals surface area contributed by atoms with Gasteiger partial charge in [0.1, 0.15) is 0 Å². The molecular formula is C11H21N. The van der Waals surface area contributed by atoms with E-state index in [-0.39, 0.29) is 0 Å². The highest BCUT2D eigenvalue weighted by atomic mass is 14.7. The minimum absolute atomic E-state index is 0.503. The second-order valence-electron chi connectivity index (χ2n) is 5.47. The lowest BCUT2D eigenvalue weighted by Crippen LogP contribution is -2.39. The number of rotatable bonds is 1. The molecule has 0 radical (unpaired) electrons. The molecule has 2 saturated carbocycles. The van der Waals surface area contributed by atoms with Crippen LogP contribution >= 0.6 is 0 Å². The molecule has 0 spiro atoms. The van der Waals surface area contributed by atoms with Crippen LogP contribution < -0.4 is 5.73 Å². The second-order valence-corrected chi connectivity index (χ2v) is 5.47. The molecule has 2 aliphatic carbocycles. The Morgan fingerprint density at radius 1 is 1.17 bits per heavy atom. The van der Waals surface area contributed by atoms with E-state index in [1.54, 1.807) is 0 Å². The van der Waals surface area contributed by atoms with E-state index in [9.17, 15) is 0 Å². The van der Waals surface area contributed by atoms with Crippen LogP contribution in [0, 0.1) is 17.3 Å². The molecule has 0 aromatic carbocycles. The van der Waals surface area contributed by atoms with E-state index >= 15 is 0 Å². The molecule has 0 aromatic rings. The summed E-state index contributed by atoms with van der Waals surface area (Å²) in [6.07, 6.45) is 6.82. The van der Waals surface area contributed by atoms with E-state index in [0.717, 1.165) is 11.8 Å². The standard InChI is InChI=1S/C11H21N/c1-11(2)6-5-9(12)7-10(11)8-3-4-8/h8-10H,3-7,12H2,1-2H3. The quantitative estimate of drug-likeness (QED) is 0.638. The normalized spacial score (nSPS) is 41.2. The highest BCUT2D eigenvalue weighted by molar-refractivity contribution is 4.95. The third-order valence-corrected chi connectivity index (χ3v) is 3.91. The van der Waals surface area contributed by atoms with Crippen molar-refractivity contribution in [1.29, 1.82) is 0 Å². The Morgan fingerprint density at radius 2 is 1.83 bits per heavy atom. The monoisotopic (exact) mass is 167 g/mol. The first-order valence-corrected chi connectivity index (χ1v) is 5.35. The molecule has 70 valence electrons. The molecule has 2 N–H and O–H groups in total. The Hall–Kier alpha value is -0.0400. The third-order valence-electron chi connectivity index (χ3n) is 3.91. The first kappa shape index (κ1) is 8.55. The van der Waals surface area contributed by atoms with Crippen LogP contribution in [0.4, 0.5) is 0 Å². The summed E-state index contributed by atoms with van der Waals surface area (Å²) in [7, 11) is 0. The van der Waals surface area contributed by atoms with Gasteiger partial charge in [0, 0.05) is 6.04 Å². The average Bonchev–Trinajstić information content (AvgIpc) is 2.77. The Kier molecular flexibility index (Phi) is 1.95. The fraction of sp³-hybridized carbons (Fsp3) is 1.00. The summed E-state index contributed by atoms with van der Waals surface area (Å²) in [5, 5.41) is 0. The molecular weight excluding hydrogens is 146 g/mol. The zero-order chi connectivity index (χ0) is 8.77. The molecule has 0 amide bonds. The zero-order valence-electron chi connectivity index (χ0n) is 8.34. The van der Waals surface area contributed by atoms with Crippen LogP contribution in [-0.4, -0.2) is 6.04 Å².